The summed E-state index contributed by atoms with van der Waals surface area (Å²) in [5.41, 5.74) is 1.59. The predicted molar refractivity (Wildman–Crippen MR) is 109 cm³/mol. The second-order valence-corrected chi connectivity index (χ2v) is 8.93. The smallest absolute Gasteiger partial charge is 0.262 e. The molecule has 28 heavy (non-hydrogen) atoms. The number of anilines is 1. The number of nitrogens with one attached hydrogen (secondary N) is 1. The van der Waals surface area contributed by atoms with E-state index in [0.29, 0.717) is 24.5 Å². The molecule has 2 aromatic rings. The third-order valence-electron chi connectivity index (χ3n) is 4.70. The molecule has 0 unspecified atom stereocenters. The summed E-state index contributed by atoms with van der Waals surface area (Å²) in [6.07, 6.45) is 3.94. The number of carbonyl (C=O) groups excluding carboxylic acids is 1. The Kier molecular flexibility index (Phi) is 6.70. The average Bonchev–Trinajstić information content (AvgIpc) is 2.97. The number of ether oxygens (including phenoxy) is 1. The Morgan fingerprint density at radius 3 is 2.36 bits per heavy atom. The number of rotatable bonds is 6. The maximum atomic E-state index is 12.8. The minimum absolute atomic E-state index is 0.114. The molecule has 1 saturated heterocycles. The van der Waals surface area contributed by atoms with E-state index in [4.69, 9.17) is 4.74 Å². The predicted octanol–water partition coefficient (Wildman–Crippen LogP) is 3.58. The van der Waals surface area contributed by atoms with E-state index in [-0.39, 0.29) is 17.4 Å². The molecule has 2 aromatic carbocycles. The van der Waals surface area contributed by atoms with Crippen molar-refractivity contribution < 1.29 is 17.9 Å². The SMILES string of the molecule is Cc1cccc(OCC(=O)Nc2ccc(S(=O)(=O)N3CCCCCC3)cc2)c1. The first-order valence-electron chi connectivity index (χ1n) is 9.55. The maximum Gasteiger partial charge on any atom is 0.262 e. The van der Waals surface area contributed by atoms with Gasteiger partial charge in [-0.1, -0.05) is 25.0 Å². The Hall–Kier alpha value is -2.38. The molecule has 7 heteroatoms. The summed E-state index contributed by atoms with van der Waals surface area (Å²) in [4.78, 5) is 12.3. The molecule has 150 valence electrons. The van der Waals surface area contributed by atoms with Gasteiger partial charge in [-0.05, 0) is 61.7 Å². The Balaban J connectivity index is 1.58. The summed E-state index contributed by atoms with van der Waals surface area (Å²) in [5.74, 6) is 0.332. The van der Waals surface area contributed by atoms with Gasteiger partial charge >= 0.3 is 0 Å². The van der Waals surface area contributed by atoms with Crippen molar-refractivity contribution >= 4 is 21.6 Å². The van der Waals surface area contributed by atoms with Gasteiger partial charge in [-0.2, -0.15) is 4.31 Å². The van der Waals surface area contributed by atoms with E-state index in [0.717, 1.165) is 31.2 Å². The molecule has 3 rings (SSSR count). The molecule has 0 aromatic heterocycles. The number of carbonyl (C=O) groups is 1. The standard InChI is InChI=1S/C21H26N2O4S/c1-17-7-6-8-19(15-17)27-16-21(24)22-18-9-11-20(12-10-18)28(25,26)23-13-4-2-3-5-14-23/h6-12,15H,2-5,13-14,16H2,1H3,(H,22,24). The third kappa shape index (κ3) is 5.33. The van der Waals surface area contributed by atoms with Crippen LogP contribution in [-0.2, 0) is 14.8 Å². The highest BCUT2D eigenvalue weighted by Crippen LogP contribution is 2.22. The largest absolute Gasteiger partial charge is 0.484 e. The molecule has 0 bridgehead atoms. The van der Waals surface area contributed by atoms with Crippen molar-refractivity contribution in [2.75, 3.05) is 25.0 Å². The zero-order chi connectivity index (χ0) is 20.0. The van der Waals surface area contributed by atoms with Gasteiger partial charge in [0.15, 0.2) is 6.61 Å². The Morgan fingerprint density at radius 2 is 1.71 bits per heavy atom. The average molecular weight is 403 g/mol. The minimum Gasteiger partial charge on any atom is -0.484 e. The van der Waals surface area contributed by atoms with Gasteiger partial charge < -0.3 is 10.1 Å². The fourth-order valence-electron chi connectivity index (χ4n) is 3.19. The van der Waals surface area contributed by atoms with E-state index in [2.05, 4.69) is 5.32 Å². The van der Waals surface area contributed by atoms with Crippen molar-refractivity contribution in [3.63, 3.8) is 0 Å². The number of benzene rings is 2. The second-order valence-electron chi connectivity index (χ2n) is 7.00. The monoisotopic (exact) mass is 402 g/mol. The first-order valence-corrected chi connectivity index (χ1v) is 11.0. The van der Waals surface area contributed by atoms with E-state index in [9.17, 15) is 13.2 Å². The van der Waals surface area contributed by atoms with Gasteiger partial charge in [0, 0.05) is 18.8 Å². The molecule has 1 fully saturated rings. The zero-order valence-corrected chi connectivity index (χ0v) is 16.9. The van der Waals surface area contributed by atoms with Crippen molar-refractivity contribution in [2.45, 2.75) is 37.5 Å². The Bertz CT molecular complexity index is 902. The van der Waals surface area contributed by atoms with Gasteiger partial charge in [0.25, 0.3) is 5.91 Å². The molecule has 1 heterocycles. The number of nitrogens with zero attached hydrogens (tertiary/aromatic N) is 1. The van der Waals surface area contributed by atoms with E-state index in [1.807, 2.05) is 25.1 Å². The van der Waals surface area contributed by atoms with Crippen LogP contribution in [-0.4, -0.2) is 38.3 Å². The Labute approximate surface area is 166 Å². The summed E-state index contributed by atoms with van der Waals surface area (Å²) < 4.78 is 32.6. The summed E-state index contributed by atoms with van der Waals surface area (Å²) in [6, 6.07) is 13.8. The van der Waals surface area contributed by atoms with Gasteiger partial charge in [-0.3, -0.25) is 4.79 Å². The quantitative estimate of drug-likeness (QED) is 0.801. The van der Waals surface area contributed by atoms with E-state index >= 15 is 0 Å². The van der Waals surface area contributed by atoms with Gasteiger partial charge in [0.1, 0.15) is 5.75 Å². The molecule has 1 amide bonds. The number of hydrogen-bond acceptors (Lipinski definition) is 4. The van der Waals surface area contributed by atoms with Crippen LogP contribution in [0.5, 0.6) is 5.75 Å². The first kappa shape index (κ1) is 20.4. The van der Waals surface area contributed by atoms with Crippen LogP contribution in [0.3, 0.4) is 0 Å². The van der Waals surface area contributed by atoms with Crippen LogP contribution in [0.15, 0.2) is 53.4 Å². The van der Waals surface area contributed by atoms with Crippen molar-refractivity contribution in [3.05, 3.63) is 54.1 Å². The fraction of sp³-hybridized carbons (Fsp3) is 0.381. The molecule has 1 aliphatic heterocycles. The molecule has 0 radical (unpaired) electrons. The van der Waals surface area contributed by atoms with E-state index in [1.165, 1.54) is 12.1 Å². The zero-order valence-electron chi connectivity index (χ0n) is 16.1. The Morgan fingerprint density at radius 1 is 1.04 bits per heavy atom. The van der Waals surface area contributed by atoms with Crippen LogP contribution in [0, 0.1) is 6.92 Å². The van der Waals surface area contributed by atoms with Crippen LogP contribution in [0.4, 0.5) is 5.69 Å². The molecular formula is C21H26N2O4S. The highest BCUT2D eigenvalue weighted by atomic mass is 32.2. The van der Waals surface area contributed by atoms with Crippen LogP contribution < -0.4 is 10.1 Å². The fourth-order valence-corrected chi connectivity index (χ4v) is 4.71. The van der Waals surface area contributed by atoms with E-state index in [1.54, 1.807) is 22.5 Å². The van der Waals surface area contributed by atoms with Gasteiger partial charge in [0.05, 0.1) is 4.90 Å². The van der Waals surface area contributed by atoms with Crippen LogP contribution in [0.2, 0.25) is 0 Å². The lowest BCUT2D eigenvalue weighted by atomic mass is 10.2. The van der Waals surface area contributed by atoms with Crippen LogP contribution >= 0.6 is 0 Å². The number of amides is 1. The van der Waals surface area contributed by atoms with E-state index < -0.39 is 10.0 Å². The first-order chi connectivity index (χ1) is 13.4. The van der Waals surface area contributed by atoms with Crippen molar-refractivity contribution in [1.82, 2.24) is 4.31 Å². The number of aryl methyl sites for hydroxylation is 1. The highest BCUT2D eigenvalue weighted by Gasteiger charge is 2.24. The van der Waals surface area contributed by atoms with Gasteiger partial charge in [-0.25, -0.2) is 8.42 Å². The van der Waals surface area contributed by atoms with Crippen molar-refractivity contribution in [1.29, 1.82) is 0 Å². The molecule has 0 aliphatic carbocycles. The molecule has 0 saturated carbocycles. The van der Waals surface area contributed by atoms with Crippen molar-refractivity contribution in [2.24, 2.45) is 0 Å². The highest BCUT2D eigenvalue weighted by molar-refractivity contribution is 7.89. The van der Waals surface area contributed by atoms with Gasteiger partial charge in [0.2, 0.25) is 10.0 Å². The summed E-state index contributed by atoms with van der Waals surface area (Å²) in [7, 11) is -3.49. The molecular weight excluding hydrogens is 376 g/mol. The minimum atomic E-state index is -3.49. The molecule has 6 nitrogen and oxygen atoms in total. The van der Waals surface area contributed by atoms with Crippen molar-refractivity contribution in [3.8, 4) is 5.75 Å². The van der Waals surface area contributed by atoms with Gasteiger partial charge in [-0.15, -0.1) is 0 Å². The van der Waals surface area contributed by atoms with Crippen LogP contribution in [0.25, 0.3) is 0 Å². The second kappa shape index (κ2) is 9.21. The summed E-state index contributed by atoms with van der Waals surface area (Å²) >= 11 is 0. The number of hydrogen-bond donors (Lipinski definition) is 1. The summed E-state index contributed by atoms with van der Waals surface area (Å²) in [6.45, 7) is 2.97. The topological polar surface area (TPSA) is 75.7 Å². The normalized spacial score (nSPS) is 15.6. The molecule has 0 atom stereocenters. The lowest BCUT2D eigenvalue weighted by molar-refractivity contribution is -0.118. The lowest BCUT2D eigenvalue weighted by Gasteiger charge is -2.20. The maximum absolute atomic E-state index is 12.8. The third-order valence-corrected chi connectivity index (χ3v) is 6.61. The molecule has 0 spiro atoms. The van der Waals surface area contributed by atoms with Crippen LogP contribution in [0.1, 0.15) is 31.2 Å². The molecule has 1 aliphatic rings. The number of sulfonamides is 1. The molecule has 1 N–H and O–H groups in total. The lowest BCUT2D eigenvalue weighted by Crippen LogP contribution is -2.31. The summed E-state index contributed by atoms with van der Waals surface area (Å²) in [5, 5.41) is 2.72.